The van der Waals surface area contributed by atoms with E-state index >= 15 is 0 Å². The van der Waals surface area contributed by atoms with Gasteiger partial charge in [0, 0.05) is 12.0 Å². The SMILES string of the molecule is O=C(N[C@@H]1C2CCC(C2)[C@H]1C(=O)O)OCC1c2ccccc2-c2ccccc21. The Hall–Kier alpha value is -2.82. The van der Waals surface area contributed by atoms with Crippen LogP contribution in [-0.2, 0) is 9.53 Å². The van der Waals surface area contributed by atoms with E-state index in [0.717, 1.165) is 19.3 Å². The maximum absolute atomic E-state index is 12.5. The molecule has 2 aromatic rings. The third kappa shape index (κ3) is 2.68. The second kappa shape index (κ2) is 6.66. The predicted molar refractivity (Wildman–Crippen MR) is 104 cm³/mol. The Bertz CT molecular complexity index is 894. The molecule has 5 nitrogen and oxygen atoms in total. The molecular weight excluding hydrogens is 354 g/mol. The smallest absolute Gasteiger partial charge is 0.407 e. The van der Waals surface area contributed by atoms with Crippen LogP contribution in [0.15, 0.2) is 48.5 Å². The summed E-state index contributed by atoms with van der Waals surface area (Å²) >= 11 is 0. The van der Waals surface area contributed by atoms with E-state index in [-0.39, 0.29) is 30.4 Å². The van der Waals surface area contributed by atoms with Gasteiger partial charge >= 0.3 is 12.1 Å². The van der Waals surface area contributed by atoms with Crippen LogP contribution in [0, 0.1) is 17.8 Å². The summed E-state index contributed by atoms with van der Waals surface area (Å²) < 4.78 is 5.59. The highest BCUT2D eigenvalue weighted by Gasteiger charge is 2.51. The molecule has 0 saturated heterocycles. The maximum atomic E-state index is 12.5. The van der Waals surface area contributed by atoms with Crippen LogP contribution in [0.25, 0.3) is 11.1 Å². The van der Waals surface area contributed by atoms with E-state index in [2.05, 4.69) is 29.6 Å². The quantitative estimate of drug-likeness (QED) is 0.844. The number of alkyl carbamates (subject to hydrolysis) is 1. The highest BCUT2D eigenvalue weighted by Crippen LogP contribution is 2.49. The molecular formula is C23H23NO4. The Kier molecular flexibility index (Phi) is 4.11. The fraction of sp³-hybridized carbons (Fsp3) is 0.391. The van der Waals surface area contributed by atoms with Crippen molar-refractivity contribution in [1.29, 1.82) is 0 Å². The summed E-state index contributed by atoms with van der Waals surface area (Å²) in [5.74, 6) is -0.850. The molecule has 2 N–H and O–H groups in total. The van der Waals surface area contributed by atoms with E-state index in [1.807, 2.05) is 24.3 Å². The zero-order chi connectivity index (χ0) is 19.3. The van der Waals surface area contributed by atoms with Crippen molar-refractivity contribution in [3.63, 3.8) is 0 Å². The number of nitrogens with one attached hydrogen (secondary N) is 1. The van der Waals surface area contributed by atoms with Crippen molar-refractivity contribution >= 4 is 12.1 Å². The first kappa shape index (κ1) is 17.3. The monoisotopic (exact) mass is 377 g/mol. The van der Waals surface area contributed by atoms with Crippen LogP contribution in [0.2, 0.25) is 0 Å². The van der Waals surface area contributed by atoms with Gasteiger partial charge in [-0.15, -0.1) is 0 Å². The molecule has 0 aromatic heterocycles. The van der Waals surface area contributed by atoms with E-state index in [4.69, 9.17) is 4.74 Å². The van der Waals surface area contributed by atoms with E-state index in [0.29, 0.717) is 0 Å². The second-order valence-corrected chi connectivity index (χ2v) is 8.19. The van der Waals surface area contributed by atoms with Gasteiger partial charge in [0.15, 0.2) is 0 Å². The Morgan fingerprint density at radius 3 is 2.21 bits per heavy atom. The minimum atomic E-state index is -0.809. The summed E-state index contributed by atoms with van der Waals surface area (Å²) in [5, 5.41) is 12.4. The molecule has 4 atom stereocenters. The Balaban J connectivity index is 1.29. The van der Waals surface area contributed by atoms with E-state index in [1.54, 1.807) is 0 Å². The van der Waals surface area contributed by atoms with Gasteiger partial charge in [-0.2, -0.15) is 0 Å². The lowest BCUT2D eigenvalue weighted by molar-refractivity contribution is -0.144. The van der Waals surface area contributed by atoms with Crippen molar-refractivity contribution < 1.29 is 19.4 Å². The average molecular weight is 377 g/mol. The number of hydrogen-bond donors (Lipinski definition) is 2. The molecule has 2 saturated carbocycles. The number of fused-ring (bicyclic) bond motifs is 5. The first-order valence-electron chi connectivity index (χ1n) is 9.98. The van der Waals surface area contributed by atoms with E-state index < -0.39 is 18.0 Å². The molecule has 1 amide bonds. The summed E-state index contributed by atoms with van der Waals surface area (Å²) in [4.78, 5) is 24.1. The van der Waals surface area contributed by atoms with Gasteiger partial charge < -0.3 is 15.2 Å². The lowest BCUT2D eigenvalue weighted by Gasteiger charge is -2.28. The van der Waals surface area contributed by atoms with Crippen molar-refractivity contribution in [3.05, 3.63) is 59.7 Å². The molecule has 28 heavy (non-hydrogen) atoms. The summed E-state index contributed by atoms with van der Waals surface area (Å²) in [6.07, 6.45) is 2.32. The first-order chi connectivity index (χ1) is 13.6. The molecule has 2 fully saturated rings. The number of carbonyl (C=O) groups excluding carboxylic acids is 1. The van der Waals surface area contributed by atoms with Crippen molar-refractivity contribution in [2.24, 2.45) is 17.8 Å². The number of carbonyl (C=O) groups is 2. The number of aliphatic carboxylic acids is 1. The molecule has 0 radical (unpaired) electrons. The Morgan fingerprint density at radius 2 is 1.57 bits per heavy atom. The second-order valence-electron chi connectivity index (χ2n) is 8.19. The molecule has 2 aromatic carbocycles. The van der Waals surface area contributed by atoms with Crippen molar-refractivity contribution in [2.75, 3.05) is 6.61 Å². The number of rotatable bonds is 4. The third-order valence-electron chi connectivity index (χ3n) is 6.83. The normalized spacial score (nSPS) is 27.3. The standard InChI is InChI=1S/C23H23NO4/c25-22(26)20-13-9-10-14(11-13)21(20)24-23(27)28-12-19-17-7-3-1-5-15(17)16-6-2-4-8-18(16)19/h1-8,13-14,19-21H,9-12H2,(H,24,27)(H,25,26)/t13?,14?,20-,21-/m1/s1. The molecule has 0 aliphatic heterocycles. The van der Waals surface area contributed by atoms with Crippen LogP contribution < -0.4 is 5.32 Å². The highest BCUT2D eigenvalue weighted by atomic mass is 16.5. The molecule has 3 aliphatic rings. The van der Waals surface area contributed by atoms with Crippen LogP contribution in [-0.4, -0.2) is 29.8 Å². The van der Waals surface area contributed by atoms with Crippen LogP contribution in [0.4, 0.5) is 4.79 Å². The lowest BCUT2D eigenvalue weighted by atomic mass is 9.84. The topological polar surface area (TPSA) is 75.6 Å². The fourth-order valence-electron chi connectivity index (χ4n) is 5.63. The van der Waals surface area contributed by atoms with Crippen LogP contribution >= 0.6 is 0 Å². The van der Waals surface area contributed by atoms with Gasteiger partial charge in [-0.25, -0.2) is 4.79 Å². The summed E-state index contributed by atoms with van der Waals surface area (Å²) in [5.41, 5.74) is 4.71. The molecule has 3 aliphatic carbocycles. The van der Waals surface area contributed by atoms with Gasteiger partial charge in [0.2, 0.25) is 0 Å². The molecule has 0 spiro atoms. The van der Waals surface area contributed by atoms with Crippen LogP contribution in [0.5, 0.6) is 0 Å². The Morgan fingerprint density at radius 1 is 0.964 bits per heavy atom. The Labute approximate surface area is 163 Å². The van der Waals surface area contributed by atoms with Gasteiger partial charge in [0.25, 0.3) is 0 Å². The molecule has 5 heteroatoms. The summed E-state index contributed by atoms with van der Waals surface area (Å²) in [6, 6.07) is 16.1. The predicted octanol–water partition coefficient (Wildman–Crippen LogP) is 4.02. The largest absolute Gasteiger partial charge is 0.481 e. The highest BCUT2D eigenvalue weighted by molar-refractivity contribution is 5.79. The zero-order valence-electron chi connectivity index (χ0n) is 15.5. The summed E-state index contributed by atoms with van der Waals surface area (Å²) in [7, 11) is 0. The minimum Gasteiger partial charge on any atom is -0.481 e. The number of hydrogen-bond acceptors (Lipinski definition) is 3. The zero-order valence-corrected chi connectivity index (χ0v) is 15.5. The first-order valence-corrected chi connectivity index (χ1v) is 9.98. The van der Waals surface area contributed by atoms with Crippen LogP contribution in [0.3, 0.4) is 0 Å². The van der Waals surface area contributed by atoms with E-state index in [9.17, 15) is 14.7 Å². The van der Waals surface area contributed by atoms with E-state index in [1.165, 1.54) is 22.3 Å². The molecule has 2 unspecified atom stereocenters. The number of carboxylic acids is 1. The number of carboxylic acid groups (broad SMARTS) is 1. The van der Waals surface area contributed by atoms with Crippen molar-refractivity contribution in [2.45, 2.75) is 31.2 Å². The molecule has 2 bridgehead atoms. The number of ether oxygens (including phenoxy) is 1. The fourth-order valence-corrected chi connectivity index (χ4v) is 5.63. The number of amides is 1. The van der Waals surface area contributed by atoms with Crippen LogP contribution in [0.1, 0.15) is 36.3 Å². The third-order valence-corrected chi connectivity index (χ3v) is 6.83. The molecule has 0 heterocycles. The summed E-state index contributed by atoms with van der Waals surface area (Å²) in [6.45, 7) is 0.248. The maximum Gasteiger partial charge on any atom is 0.407 e. The number of benzene rings is 2. The van der Waals surface area contributed by atoms with Crippen molar-refractivity contribution in [1.82, 2.24) is 5.32 Å². The van der Waals surface area contributed by atoms with Gasteiger partial charge in [-0.3, -0.25) is 4.79 Å². The van der Waals surface area contributed by atoms with Gasteiger partial charge in [-0.1, -0.05) is 48.5 Å². The minimum absolute atomic E-state index is 0.00782. The van der Waals surface area contributed by atoms with Crippen molar-refractivity contribution in [3.8, 4) is 11.1 Å². The van der Waals surface area contributed by atoms with Gasteiger partial charge in [0.1, 0.15) is 6.61 Å². The lowest BCUT2D eigenvalue weighted by Crippen LogP contribution is -2.47. The molecule has 5 rings (SSSR count). The average Bonchev–Trinajstić information content (AvgIpc) is 3.38. The van der Waals surface area contributed by atoms with Gasteiger partial charge in [0.05, 0.1) is 5.92 Å². The van der Waals surface area contributed by atoms with Gasteiger partial charge in [-0.05, 0) is 53.4 Å². The molecule has 144 valence electrons.